The fourth-order valence-electron chi connectivity index (χ4n) is 9.67. The third-order valence-corrected chi connectivity index (χ3v) is 15.0. The average Bonchev–Trinajstić information content (AvgIpc) is 4.22. The van der Waals surface area contributed by atoms with E-state index in [0.717, 1.165) is 81.8 Å². The average molecular weight is 1190 g/mol. The minimum atomic E-state index is -5.13. The molecule has 6 atom stereocenters. The summed E-state index contributed by atoms with van der Waals surface area (Å²) in [5.74, 6) is 1.57. The van der Waals surface area contributed by atoms with Crippen LogP contribution in [0.3, 0.4) is 0 Å². The van der Waals surface area contributed by atoms with Gasteiger partial charge in [0.1, 0.15) is 29.5 Å². The highest BCUT2D eigenvalue weighted by Crippen LogP contribution is 2.42. The largest absolute Gasteiger partial charge is 0.453 e. The highest BCUT2D eigenvalue weighted by atomic mass is 19.4. The summed E-state index contributed by atoms with van der Waals surface area (Å²) >= 11 is 0. The first-order chi connectivity index (χ1) is 39.0. The molecule has 83 heavy (non-hydrogen) atoms. The lowest BCUT2D eigenvalue weighted by Crippen LogP contribution is -2.62. The first-order valence-corrected chi connectivity index (χ1v) is 26.2. The Hall–Kier alpha value is -7.22. The van der Waals surface area contributed by atoms with Gasteiger partial charge in [0.15, 0.2) is 0 Å². The highest BCUT2D eigenvalue weighted by Gasteiger charge is 2.57. The Bertz CT molecular complexity index is 2900. The maximum absolute atomic E-state index is 15.8. The molecule has 0 aliphatic carbocycles. The van der Waals surface area contributed by atoms with E-state index in [9.17, 15) is 59.4 Å². The summed E-state index contributed by atoms with van der Waals surface area (Å²) in [4.78, 5) is 63.0. The van der Waals surface area contributed by atoms with Crippen LogP contribution in [0.1, 0.15) is 69.3 Å². The highest BCUT2D eigenvalue weighted by molar-refractivity contribution is 5.87. The van der Waals surface area contributed by atoms with Crippen molar-refractivity contribution in [3.63, 3.8) is 0 Å². The van der Waals surface area contributed by atoms with E-state index in [2.05, 4.69) is 51.8 Å². The number of hydrogen-bond acceptors (Lipinski definition) is 13. The lowest BCUT2D eigenvalue weighted by Gasteiger charge is -2.41. The monoisotopic (exact) mass is 1180 g/mol. The van der Waals surface area contributed by atoms with Crippen molar-refractivity contribution in [2.24, 2.45) is 10.8 Å². The number of amides is 4. The molecule has 6 rings (SSSR count). The first-order valence-electron chi connectivity index (χ1n) is 26.2. The summed E-state index contributed by atoms with van der Waals surface area (Å²) in [6.45, 7) is 0.443. The third kappa shape index (κ3) is 16.3. The minimum absolute atomic E-state index is 0.221. The van der Waals surface area contributed by atoms with E-state index in [1.54, 1.807) is 37.6 Å². The molecule has 2 aromatic heterocycles. The Balaban J connectivity index is 1.29. The number of aliphatic hydroxyl groups excluding tert-OH is 1. The molecule has 18 nitrogen and oxygen atoms in total. The Morgan fingerprint density at radius 1 is 0.783 bits per heavy atom. The number of hydrogen-bond donors (Lipinski definition) is 5. The summed E-state index contributed by atoms with van der Waals surface area (Å²) in [6, 6.07) is 7.10. The third-order valence-electron chi connectivity index (χ3n) is 15.0. The van der Waals surface area contributed by atoms with Crippen molar-refractivity contribution in [2.45, 2.75) is 109 Å². The molecule has 4 aromatic rings. The predicted molar refractivity (Wildman–Crippen MR) is 281 cm³/mol. The smallest absolute Gasteiger partial charge is 0.407 e. The van der Waals surface area contributed by atoms with Crippen LogP contribution < -0.4 is 26.2 Å². The van der Waals surface area contributed by atoms with Gasteiger partial charge in [-0.25, -0.2) is 28.0 Å². The fraction of sp³-hybridized carbons (Fsp3) is 0.527. The van der Waals surface area contributed by atoms with Crippen molar-refractivity contribution < 1.29 is 82.4 Å². The number of benzene rings is 2. The Labute approximate surface area is 472 Å². The number of carbonyl (C=O) groups is 4. The summed E-state index contributed by atoms with van der Waals surface area (Å²) in [5, 5.41) is 24.0. The summed E-state index contributed by atoms with van der Waals surface area (Å²) < 4.78 is 159. The zero-order valence-electron chi connectivity index (χ0n) is 46.4. The molecule has 454 valence electrons. The van der Waals surface area contributed by atoms with Gasteiger partial charge in [0, 0.05) is 86.6 Å². The lowest BCUT2D eigenvalue weighted by atomic mass is 9.82. The van der Waals surface area contributed by atoms with Crippen molar-refractivity contribution in [3.05, 3.63) is 101 Å². The number of nitrogens with one attached hydrogen (secondary N) is 4. The quantitative estimate of drug-likeness (QED) is 0.0290. The van der Waals surface area contributed by atoms with E-state index < -0.39 is 121 Å². The SMILES string of the molecule is COCCN1C2CCC1CN(c1ccc(C#Cc3ccc(C[C@H](NC(=O)[C@@H](NC(=O)OC)C(C)(C)C(F)(F)F)[C@@H](O)CN(CCc4c(F)cc(-c5ccn(C(F)F)n5)cc4F)CNC(=O)[C@@H](NC(=O)OC)C(C)(C)C(F)(F)F)cc3)cn1)C2. The topological polar surface area (TPSA) is 205 Å². The maximum atomic E-state index is 15.8. The lowest BCUT2D eigenvalue weighted by molar-refractivity contribution is -0.220. The van der Waals surface area contributed by atoms with Crippen LogP contribution in [0.4, 0.5) is 59.3 Å². The molecule has 2 fully saturated rings. The second kappa shape index (κ2) is 27.4. The molecule has 4 amide bonds. The molecule has 2 saturated heterocycles. The van der Waals surface area contributed by atoms with Gasteiger partial charge >= 0.3 is 31.1 Å². The van der Waals surface area contributed by atoms with Gasteiger partial charge in [-0.15, -0.1) is 0 Å². The molecular weight excluding hydrogens is 1120 g/mol. The number of alkyl halides is 8. The van der Waals surface area contributed by atoms with Crippen molar-refractivity contribution in [3.8, 4) is 23.1 Å². The molecule has 4 heterocycles. The number of nitrogens with zero attached hydrogens (tertiary/aromatic N) is 6. The van der Waals surface area contributed by atoms with E-state index >= 15 is 8.78 Å². The molecule has 0 saturated carbocycles. The molecule has 0 spiro atoms. The number of aliphatic hydroxyl groups is 1. The molecular formula is C55H66F10N10O8. The number of rotatable bonds is 23. The van der Waals surface area contributed by atoms with Crippen LogP contribution in [-0.2, 0) is 36.6 Å². The number of methoxy groups -OCH3 is 3. The molecule has 5 N–H and O–H groups in total. The van der Waals surface area contributed by atoms with Gasteiger partial charge in [0.25, 0.3) is 0 Å². The Morgan fingerprint density at radius 2 is 1.34 bits per heavy atom. The van der Waals surface area contributed by atoms with Crippen LogP contribution in [0.5, 0.6) is 0 Å². The number of alkyl carbamates (subject to hydrolysis) is 2. The molecule has 28 heteroatoms. The number of carbonyl (C=O) groups excluding carboxylic acids is 4. The van der Waals surface area contributed by atoms with Gasteiger partial charge < -0.3 is 45.5 Å². The number of fused-ring (bicyclic) bond motifs is 2. The van der Waals surface area contributed by atoms with Crippen LogP contribution >= 0.6 is 0 Å². The predicted octanol–water partition coefficient (Wildman–Crippen LogP) is 6.95. The zero-order chi connectivity index (χ0) is 61.2. The first kappa shape index (κ1) is 64.9. The maximum Gasteiger partial charge on any atom is 0.407 e. The van der Waals surface area contributed by atoms with Crippen LogP contribution in [0.25, 0.3) is 11.3 Å². The summed E-state index contributed by atoms with van der Waals surface area (Å²) in [7, 11) is 3.36. The number of aromatic nitrogens is 3. The van der Waals surface area contributed by atoms with Crippen LogP contribution in [0, 0.1) is 34.3 Å². The standard InChI is InChI=1S/C55H66F10N10O8/c1-52(2,54(60,61)62)45(69-50(79)82-6)47(77)67-31-72(20-18-38-39(56)25-35(26-40(38)57)41-19-21-75(71-41)49(58)59)30-43(76)42(68-48(78)46(70-51(80)83-7)53(3,4)55(63,64)65)24-33-11-8-32(9-12-33)10-13-34-14-17-44(66-27-34)73-28-36-15-16-37(29-73)74(36)22-23-81-5/h8-9,11-12,14,17,19,21,25-27,36-37,42-43,45-46,49,76H,15-16,18,20,22-24,28-31H2,1-7H3,(H,67,77)(H,68,78)(H,69,79)(H,70,80)/t36?,37?,42-,43-,45+,46+/m0/s1. The van der Waals surface area contributed by atoms with Gasteiger partial charge in [-0.3, -0.25) is 19.4 Å². The molecule has 2 bridgehead atoms. The van der Waals surface area contributed by atoms with Crippen molar-refractivity contribution in [1.29, 1.82) is 0 Å². The zero-order valence-corrected chi connectivity index (χ0v) is 46.4. The second-order valence-electron chi connectivity index (χ2n) is 21.2. The second-order valence-corrected chi connectivity index (χ2v) is 21.2. The number of piperazine rings is 1. The van der Waals surface area contributed by atoms with Crippen LogP contribution in [-0.4, -0.2) is 170 Å². The molecule has 2 aliphatic rings. The van der Waals surface area contributed by atoms with E-state index in [0.29, 0.717) is 63.1 Å². The van der Waals surface area contributed by atoms with Gasteiger partial charge in [-0.1, -0.05) is 24.0 Å². The number of ether oxygens (including phenoxy) is 3. The van der Waals surface area contributed by atoms with Gasteiger partial charge in [0.2, 0.25) is 11.8 Å². The van der Waals surface area contributed by atoms with Crippen molar-refractivity contribution in [1.82, 2.24) is 45.8 Å². The van der Waals surface area contributed by atoms with Gasteiger partial charge in [-0.2, -0.15) is 40.2 Å². The van der Waals surface area contributed by atoms with Gasteiger partial charge in [-0.05, 0) is 101 Å². The Morgan fingerprint density at radius 3 is 1.84 bits per heavy atom. The van der Waals surface area contributed by atoms with E-state index in [4.69, 9.17) is 4.74 Å². The Kier molecular flexibility index (Phi) is 21.5. The van der Waals surface area contributed by atoms with Crippen LogP contribution in [0.15, 0.2) is 67.0 Å². The normalized spacial score (nSPS) is 17.3. The summed E-state index contributed by atoms with van der Waals surface area (Å²) in [6.07, 6.45) is -11.3. The molecule has 2 aromatic carbocycles. The number of anilines is 1. The van der Waals surface area contributed by atoms with Crippen molar-refractivity contribution in [2.75, 3.05) is 72.2 Å². The molecule has 2 unspecified atom stereocenters. The van der Waals surface area contributed by atoms with Gasteiger partial charge in [0.05, 0.1) is 56.2 Å². The minimum Gasteiger partial charge on any atom is -0.453 e. The van der Waals surface area contributed by atoms with E-state index in [-0.39, 0.29) is 22.4 Å². The summed E-state index contributed by atoms with van der Waals surface area (Å²) in [5.41, 5.74) is -5.60. The number of pyridine rings is 1. The molecule has 0 radical (unpaired) electrons. The fourth-order valence-corrected chi connectivity index (χ4v) is 9.67. The van der Waals surface area contributed by atoms with E-state index in [1.165, 1.54) is 0 Å². The number of halogens is 10. The van der Waals surface area contributed by atoms with E-state index in [1.807, 2.05) is 22.8 Å². The van der Waals surface area contributed by atoms with Crippen LogP contribution in [0.2, 0.25) is 0 Å². The molecule has 2 aliphatic heterocycles. The van der Waals surface area contributed by atoms with Crippen molar-refractivity contribution >= 4 is 29.8 Å².